The molecule has 1 unspecified atom stereocenters. The molecule has 2 aromatic rings. The van der Waals surface area contributed by atoms with Gasteiger partial charge < -0.3 is 12.4 Å². The molecule has 0 radical (unpaired) electrons. The minimum absolute atomic E-state index is 0. The van der Waals surface area contributed by atoms with E-state index in [-0.39, 0.29) is 17.3 Å². The zero-order valence-corrected chi connectivity index (χ0v) is 13.0. The number of benzene rings is 2. The van der Waals surface area contributed by atoms with E-state index in [0.717, 1.165) is 5.69 Å². The Hall–Kier alpha value is -1.11. The highest BCUT2D eigenvalue weighted by Crippen LogP contribution is 2.13. The first-order chi connectivity index (χ1) is 8.99. The van der Waals surface area contributed by atoms with Gasteiger partial charge in [0, 0.05) is 17.2 Å². The third kappa shape index (κ3) is 4.19. The lowest BCUT2D eigenvalue weighted by Crippen LogP contribution is -3.11. The van der Waals surface area contributed by atoms with E-state index in [2.05, 4.69) is 4.83 Å². The topological polar surface area (TPSA) is 50.6 Å². The Labute approximate surface area is 129 Å². The summed E-state index contributed by atoms with van der Waals surface area (Å²) in [7, 11) is -1.85. The van der Waals surface area contributed by atoms with Gasteiger partial charge in [0.2, 0.25) is 0 Å². The fraction of sp³-hybridized carbons (Fsp3) is 0.0769. The Bertz CT molecular complexity index is 646. The van der Waals surface area contributed by atoms with Crippen molar-refractivity contribution in [2.75, 3.05) is 7.05 Å². The molecule has 20 heavy (non-hydrogen) atoms. The SMILES string of the molecule is C[NH+](NS(=O)(=O)c1ccc(Cl)cc1)c1ccccc1.[Cl-]. The van der Waals surface area contributed by atoms with E-state index < -0.39 is 10.0 Å². The Balaban J connectivity index is 0.00000200. The van der Waals surface area contributed by atoms with Crippen LogP contribution in [0, 0.1) is 0 Å². The number of hydrogen-bond acceptors (Lipinski definition) is 2. The van der Waals surface area contributed by atoms with Gasteiger partial charge in [0.1, 0.15) is 0 Å². The maximum Gasteiger partial charge on any atom is 0.282 e. The van der Waals surface area contributed by atoms with Crippen LogP contribution >= 0.6 is 11.6 Å². The van der Waals surface area contributed by atoms with Gasteiger partial charge in [-0.2, -0.15) is 0 Å². The molecule has 0 aromatic heterocycles. The molecule has 0 heterocycles. The molecule has 2 rings (SSSR count). The van der Waals surface area contributed by atoms with Gasteiger partial charge in [-0.1, -0.05) is 29.8 Å². The van der Waals surface area contributed by atoms with Gasteiger partial charge in [-0.05, 0) is 29.1 Å². The van der Waals surface area contributed by atoms with Gasteiger partial charge in [-0.3, -0.25) is 0 Å². The predicted octanol–water partition coefficient (Wildman–Crippen LogP) is -1.62. The monoisotopic (exact) mass is 332 g/mol. The number of hydrogen-bond donors (Lipinski definition) is 2. The van der Waals surface area contributed by atoms with Crippen molar-refractivity contribution in [1.29, 1.82) is 0 Å². The third-order valence-corrected chi connectivity index (χ3v) is 4.34. The first-order valence-corrected chi connectivity index (χ1v) is 7.52. The Kier molecular flexibility index (Phi) is 5.98. The van der Waals surface area contributed by atoms with Crippen LogP contribution in [0.2, 0.25) is 5.02 Å². The van der Waals surface area contributed by atoms with E-state index in [1.165, 1.54) is 12.1 Å². The van der Waals surface area contributed by atoms with Crippen molar-refractivity contribution in [3.63, 3.8) is 0 Å². The number of halogens is 2. The van der Waals surface area contributed by atoms with Crippen molar-refractivity contribution in [3.8, 4) is 0 Å². The van der Waals surface area contributed by atoms with E-state index in [9.17, 15) is 8.42 Å². The minimum atomic E-state index is -3.57. The van der Waals surface area contributed by atoms with Crippen LogP contribution in [0.3, 0.4) is 0 Å². The summed E-state index contributed by atoms with van der Waals surface area (Å²) < 4.78 is 24.3. The summed E-state index contributed by atoms with van der Waals surface area (Å²) in [6, 6.07) is 15.3. The molecule has 0 bridgehead atoms. The van der Waals surface area contributed by atoms with Crippen LogP contribution in [0.25, 0.3) is 0 Å². The van der Waals surface area contributed by atoms with Gasteiger partial charge in [0.15, 0.2) is 5.69 Å². The quantitative estimate of drug-likeness (QED) is 0.661. The Morgan fingerprint density at radius 3 is 2.10 bits per heavy atom. The highest BCUT2D eigenvalue weighted by Gasteiger charge is 2.19. The number of para-hydroxylation sites is 1. The molecule has 2 N–H and O–H groups in total. The lowest BCUT2D eigenvalue weighted by molar-refractivity contribution is -0.843. The summed E-state index contributed by atoms with van der Waals surface area (Å²) in [5, 5.41) is 1.08. The van der Waals surface area contributed by atoms with Crippen LogP contribution in [-0.4, -0.2) is 15.5 Å². The van der Waals surface area contributed by atoms with Gasteiger partial charge in [-0.15, -0.1) is 0 Å². The molecule has 0 aliphatic carbocycles. The molecule has 108 valence electrons. The first kappa shape index (κ1) is 16.9. The third-order valence-electron chi connectivity index (χ3n) is 2.62. The van der Waals surface area contributed by atoms with E-state index in [4.69, 9.17) is 11.6 Å². The molecule has 2 aromatic carbocycles. The molecule has 0 saturated heterocycles. The summed E-state index contributed by atoms with van der Waals surface area (Å²) in [6.07, 6.45) is 0. The lowest BCUT2D eigenvalue weighted by Gasteiger charge is -2.14. The summed E-state index contributed by atoms with van der Waals surface area (Å²) in [5.41, 5.74) is 0.833. The molecular formula is C13H14Cl2N2O2S. The van der Waals surface area contributed by atoms with E-state index in [0.29, 0.717) is 10.0 Å². The molecular weight excluding hydrogens is 319 g/mol. The zero-order valence-electron chi connectivity index (χ0n) is 10.7. The Morgan fingerprint density at radius 2 is 1.55 bits per heavy atom. The molecule has 0 fully saturated rings. The van der Waals surface area contributed by atoms with E-state index in [1.54, 1.807) is 19.2 Å². The van der Waals surface area contributed by atoms with Gasteiger partial charge in [0.05, 0.1) is 11.9 Å². The summed E-state index contributed by atoms with van der Waals surface area (Å²) >= 11 is 5.74. The zero-order chi connectivity index (χ0) is 13.9. The van der Waals surface area contributed by atoms with Crippen molar-refractivity contribution >= 4 is 27.3 Å². The van der Waals surface area contributed by atoms with Crippen molar-refractivity contribution in [1.82, 2.24) is 4.83 Å². The van der Waals surface area contributed by atoms with E-state index in [1.807, 2.05) is 30.3 Å². The predicted molar refractivity (Wildman–Crippen MR) is 74.8 cm³/mol. The van der Waals surface area contributed by atoms with Crippen molar-refractivity contribution in [2.24, 2.45) is 0 Å². The van der Waals surface area contributed by atoms with Crippen molar-refractivity contribution in [2.45, 2.75) is 4.90 Å². The molecule has 0 spiro atoms. The second-order valence-electron chi connectivity index (χ2n) is 4.05. The largest absolute Gasteiger partial charge is 1.00 e. The molecule has 0 amide bonds. The highest BCUT2D eigenvalue weighted by atomic mass is 35.5. The molecule has 1 atom stereocenters. The van der Waals surface area contributed by atoms with E-state index >= 15 is 0 Å². The average molecular weight is 333 g/mol. The van der Waals surface area contributed by atoms with Gasteiger partial charge in [0.25, 0.3) is 10.0 Å². The molecule has 4 nitrogen and oxygen atoms in total. The number of rotatable bonds is 4. The molecule has 0 aliphatic rings. The standard InChI is InChI=1S/C13H13ClN2O2S.ClH/c1-16(12-5-3-2-4-6-12)15-19(17,18)13-9-7-11(14)8-10-13;/h2-10,15H,1H3;1H. The lowest BCUT2D eigenvalue weighted by atomic mass is 10.3. The van der Waals surface area contributed by atoms with Crippen molar-refractivity contribution < 1.29 is 25.8 Å². The maximum atomic E-state index is 12.2. The molecule has 0 aliphatic heterocycles. The highest BCUT2D eigenvalue weighted by molar-refractivity contribution is 7.89. The van der Waals surface area contributed by atoms with Crippen LogP contribution in [0.1, 0.15) is 0 Å². The molecule has 7 heteroatoms. The minimum Gasteiger partial charge on any atom is -1.00 e. The Morgan fingerprint density at radius 1 is 1.00 bits per heavy atom. The van der Waals surface area contributed by atoms with Crippen LogP contribution in [0.5, 0.6) is 0 Å². The van der Waals surface area contributed by atoms with Gasteiger partial charge >= 0.3 is 0 Å². The first-order valence-electron chi connectivity index (χ1n) is 5.66. The van der Waals surface area contributed by atoms with Gasteiger partial charge in [-0.25, -0.2) is 13.4 Å². The second kappa shape index (κ2) is 7.06. The number of quaternary nitrogens is 1. The fourth-order valence-electron chi connectivity index (χ4n) is 1.62. The maximum absolute atomic E-state index is 12.2. The summed E-state index contributed by atoms with van der Waals surface area (Å²) in [6.45, 7) is 0. The van der Waals surface area contributed by atoms with Crippen LogP contribution in [0.15, 0.2) is 59.5 Å². The number of sulfonamides is 1. The molecule has 0 saturated carbocycles. The van der Waals surface area contributed by atoms with Crippen LogP contribution in [0.4, 0.5) is 5.69 Å². The summed E-state index contributed by atoms with van der Waals surface area (Å²) in [4.78, 5) is 2.74. The van der Waals surface area contributed by atoms with Crippen LogP contribution in [-0.2, 0) is 10.0 Å². The average Bonchev–Trinajstić information content (AvgIpc) is 2.40. The fourth-order valence-corrected chi connectivity index (χ4v) is 2.88. The van der Waals surface area contributed by atoms with Crippen LogP contribution < -0.4 is 22.2 Å². The number of nitrogens with one attached hydrogen (secondary N) is 2. The smallest absolute Gasteiger partial charge is 0.282 e. The van der Waals surface area contributed by atoms with Crippen molar-refractivity contribution in [3.05, 3.63) is 59.6 Å². The second-order valence-corrected chi connectivity index (χ2v) is 6.17. The summed E-state index contributed by atoms with van der Waals surface area (Å²) in [5.74, 6) is 0. The normalized spacial score (nSPS) is 12.5.